The third-order valence-corrected chi connectivity index (χ3v) is 5.04. The number of carbonyl (C=O) groups excluding carboxylic acids is 1. The predicted molar refractivity (Wildman–Crippen MR) is 73.8 cm³/mol. The highest BCUT2D eigenvalue weighted by atomic mass is 16.2. The van der Waals surface area contributed by atoms with E-state index in [2.05, 4.69) is 17.3 Å². The van der Waals surface area contributed by atoms with Gasteiger partial charge in [-0.05, 0) is 56.9 Å². The molecule has 4 atom stereocenters. The van der Waals surface area contributed by atoms with Gasteiger partial charge in [0.2, 0.25) is 0 Å². The Balaban J connectivity index is 1.63. The largest absolute Gasteiger partial charge is 0.348 e. The summed E-state index contributed by atoms with van der Waals surface area (Å²) < 4.78 is 1.75. The van der Waals surface area contributed by atoms with Crippen LogP contribution in [0.4, 0.5) is 0 Å². The van der Waals surface area contributed by atoms with Gasteiger partial charge in [-0.1, -0.05) is 6.42 Å². The third-order valence-electron chi connectivity index (χ3n) is 5.04. The number of nitrogens with zero attached hydrogens (tertiary/aromatic N) is 2. The van der Waals surface area contributed by atoms with Gasteiger partial charge >= 0.3 is 0 Å². The molecule has 0 saturated heterocycles. The van der Waals surface area contributed by atoms with E-state index in [9.17, 15) is 4.79 Å². The molecule has 0 spiro atoms. The molecular formula is C15H23N3O. The zero-order valence-corrected chi connectivity index (χ0v) is 11.8. The number of rotatable bonds is 4. The van der Waals surface area contributed by atoms with Crippen LogP contribution >= 0.6 is 0 Å². The van der Waals surface area contributed by atoms with Gasteiger partial charge in [0.1, 0.15) is 5.69 Å². The standard InChI is InChI=1S/C15H23N3O/c1-3-18-14(6-7-16-18)15(19)17-10(2)13-9-11-4-5-12(13)8-11/h6-7,10-13H,3-5,8-9H2,1-2H3,(H,17,19)/t10-,11+,12+,13+/m0/s1. The van der Waals surface area contributed by atoms with Crippen molar-refractivity contribution in [2.45, 2.75) is 52.1 Å². The van der Waals surface area contributed by atoms with Crippen LogP contribution in [0.5, 0.6) is 0 Å². The Labute approximate surface area is 114 Å². The maximum atomic E-state index is 12.3. The molecule has 4 nitrogen and oxygen atoms in total. The molecule has 2 bridgehead atoms. The number of hydrogen-bond donors (Lipinski definition) is 1. The molecule has 1 heterocycles. The summed E-state index contributed by atoms with van der Waals surface area (Å²) >= 11 is 0. The van der Waals surface area contributed by atoms with Crippen molar-refractivity contribution < 1.29 is 4.79 Å². The second-order valence-corrected chi connectivity index (χ2v) is 6.13. The second-order valence-electron chi connectivity index (χ2n) is 6.13. The molecule has 2 saturated carbocycles. The number of aryl methyl sites for hydroxylation is 1. The molecule has 19 heavy (non-hydrogen) atoms. The van der Waals surface area contributed by atoms with Crippen molar-refractivity contribution in [3.63, 3.8) is 0 Å². The Hall–Kier alpha value is -1.32. The van der Waals surface area contributed by atoms with E-state index in [0.29, 0.717) is 11.6 Å². The number of hydrogen-bond acceptors (Lipinski definition) is 2. The van der Waals surface area contributed by atoms with E-state index in [-0.39, 0.29) is 11.9 Å². The highest BCUT2D eigenvalue weighted by Crippen LogP contribution is 2.49. The molecule has 1 amide bonds. The van der Waals surface area contributed by atoms with Crippen molar-refractivity contribution in [1.82, 2.24) is 15.1 Å². The first-order valence-corrected chi connectivity index (χ1v) is 7.51. The van der Waals surface area contributed by atoms with E-state index in [1.54, 1.807) is 16.9 Å². The van der Waals surface area contributed by atoms with Gasteiger partial charge in [0, 0.05) is 18.8 Å². The first kappa shape index (κ1) is 12.7. The molecule has 4 heteroatoms. The topological polar surface area (TPSA) is 46.9 Å². The summed E-state index contributed by atoms with van der Waals surface area (Å²) in [5, 5.41) is 7.34. The lowest BCUT2D eigenvalue weighted by Gasteiger charge is -2.28. The van der Waals surface area contributed by atoms with Gasteiger partial charge in [-0.3, -0.25) is 9.48 Å². The van der Waals surface area contributed by atoms with Crippen LogP contribution in [0.15, 0.2) is 12.3 Å². The van der Waals surface area contributed by atoms with Crippen molar-refractivity contribution in [2.24, 2.45) is 17.8 Å². The highest BCUT2D eigenvalue weighted by Gasteiger charge is 2.42. The molecule has 0 aromatic carbocycles. The number of carbonyl (C=O) groups is 1. The van der Waals surface area contributed by atoms with Gasteiger partial charge in [0.05, 0.1) is 0 Å². The smallest absolute Gasteiger partial charge is 0.269 e. The van der Waals surface area contributed by atoms with E-state index in [1.165, 1.54) is 25.7 Å². The molecule has 0 aliphatic heterocycles. The van der Waals surface area contributed by atoms with Gasteiger partial charge in [0.15, 0.2) is 0 Å². The average molecular weight is 261 g/mol. The molecule has 0 unspecified atom stereocenters. The lowest BCUT2D eigenvalue weighted by Crippen LogP contribution is -2.40. The summed E-state index contributed by atoms with van der Waals surface area (Å²) in [5.74, 6) is 2.47. The van der Waals surface area contributed by atoms with E-state index in [1.807, 2.05) is 6.92 Å². The van der Waals surface area contributed by atoms with Crippen LogP contribution in [0.3, 0.4) is 0 Å². The summed E-state index contributed by atoms with van der Waals surface area (Å²) in [6.07, 6.45) is 7.16. The highest BCUT2D eigenvalue weighted by molar-refractivity contribution is 5.92. The normalized spacial score (nSPS) is 30.5. The van der Waals surface area contributed by atoms with Crippen LogP contribution < -0.4 is 5.32 Å². The minimum Gasteiger partial charge on any atom is -0.348 e. The molecule has 2 aliphatic carbocycles. The molecule has 1 N–H and O–H groups in total. The van der Waals surface area contributed by atoms with E-state index < -0.39 is 0 Å². The summed E-state index contributed by atoms with van der Waals surface area (Å²) in [6.45, 7) is 4.90. The van der Waals surface area contributed by atoms with Gasteiger partial charge in [0.25, 0.3) is 5.91 Å². The van der Waals surface area contributed by atoms with Crippen molar-refractivity contribution in [1.29, 1.82) is 0 Å². The molecule has 2 aliphatic rings. The molecular weight excluding hydrogens is 238 g/mol. The van der Waals surface area contributed by atoms with Gasteiger partial charge in [-0.2, -0.15) is 5.10 Å². The van der Waals surface area contributed by atoms with Crippen molar-refractivity contribution in [2.75, 3.05) is 0 Å². The second kappa shape index (κ2) is 4.99. The first-order valence-electron chi connectivity index (χ1n) is 7.51. The number of nitrogens with one attached hydrogen (secondary N) is 1. The molecule has 3 rings (SSSR count). The fraction of sp³-hybridized carbons (Fsp3) is 0.733. The van der Waals surface area contributed by atoms with Crippen LogP contribution in [-0.2, 0) is 6.54 Å². The third kappa shape index (κ3) is 2.28. The van der Waals surface area contributed by atoms with Crippen LogP contribution in [0.2, 0.25) is 0 Å². The van der Waals surface area contributed by atoms with Crippen LogP contribution in [0.1, 0.15) is 50.0 Å². The minimum atomic E-state index is 0.0228. The fourth-order valence-corrected chi connectivity index (χ4v) is 4.07. The molecule has 2 fully saturated rings. The van der Waals surface area contributed by atoms with Gasteiger partial charge < -0.3 is 5.32 Å². The lowest BCUT2D eigenvalue weighted by atomic mass is 9.84. The number of amides is 1. The summed E-state index contributed by atoms with van der Waals surface area (Å²) in [4.78, 5) is 12.3. The quantitative estimate of drug-likeness (QED) is 0.905. The maximum Gasteiger partial charge on any atom is 0.269 e. The van der Waals surface area contributed by atoms with Crippen LogP contribution in [0.25, 0.3) is 0 Å². The maximum absolute atomic E-state index is 12.3. The summed E-state index contributed by atoms with van der Waals surface area (Å²) in [7, 11) is 0. The van der Waals surface area contributed by atoms with Gasteiger partial charge in [-0.25, -0.2) is 0 Å². The Morgan fingerprint density at radius 1 is 1.53 bits per heavy atom. The van der Waals surface area contributed by atoms with E-state index in [0.717, 1.165) is 18.4 Å². The minimum absolute atomic E-state index is 0.0228. The Bertz CT molecular complexity index is 468. The van der Waals surface area contributed by atoms with Crippen molar-refractivity contribution in [3.8, 4) is 0 Å². The molecule has 104 valence electrons. The molecule has 1 aromatic heterocycles. The Morgan fingerprint density at radius 3 is 3.00 bits per heavy atom. The number of aromatic nitrogens is 2. The lowest BCUT2D eigenvalue weighted by molar-refractivity contribution is 0.0904. The Kier molecular flexibility index (Phi) is 3.33. The van der Waals surface area contributed by atoms with E-state index in [4.69, 9.17) is 0 Å². The van der Waals surface area contributed by atoms with Crippen molar-refractivity contribution in [3.05, 3.63) is 18.0 Å². The average Bonchev–Trinajstić information content (AvgIpc) is 3.13. The SMILES string of the molecule is CCn1nccc1C(=O)N[C@@H](C)[C@H]1C[C@@H]2CC[C@@H]1C2. The number of fused-ring (bicyclic) bond motifs is 2. The first-order chi connectivity index (χ1) is 9.19. The van der Waals surface area contributed by atoms with Crippen LogP contribution in [-0.4, -0.2) is 21.7 Å². The summed E-state index contributed by atoms with van der Waals surface area (Å²) in [5.41, 5.74) is 0.678. The fourth-order valence-electron chi connectivity index (χ4n) is 4.07. The monoisotopic (exact) mass is 261 g/mol. The van der Waals surface area contributed by atoms with E-state index >= 15 is 0 Å². The summed E-state index contributed by atoms with van der Waals surface area (Å²) in [6, 6.07) is 2.08. The molecule has 0 radical (unpaired) electrons. The Morgan fingerprint density at radius 2 is 2.37 bits per heavy atom. The van der Waals surface area contributed by atoms with Crippen LogP contribution in [0, 0.1) is 17.8 Å². The zero-order valence-electron chi connectivity index (χ0n) is 11.8. The molecule has 1 aromatic rings. The van der Waals surface area contributed by atoms with Gasteiger partial charge in [-0.15, -0.1) is 0 Å². The van der Waals surface area contributed by atoms with Crippen molar-refractivity contribution >= 4 is 5.91 Å². The zero-order chi connectivity index (χ0) is 13.4. The predicted octanol–water partition coefficient (Wildman–Crippen LogP) is 2.46.